The molecule has 1 aromatic rings. The summed E-state index contributed by atoms with van der Waals surface area (Å²) in [6.45, 7) is 3.21. The summed E-state index contributed by atoms with van der Waals surface area (Å²) in [5, 5.41) is 0. The van der Waals surface area contributed by atoms with E-state index in [1.165, 1.54) is 0 Å². The average molecular weight is 322 g/mol. The summed E-state index contributed by atoms with van der Waals surface area (Å²) in [6, 6.07) is 9.08. The van der Waals surface area contributed by atoms with Crippen molar-refractivity contribution < 1.29 is 13.2 Å². The molecule has 0 bridgehead atoms. The summed E-state index contributed by atoms with van der Waals surface area (Å²) >= 11 is 0. The van der Waals surface area contributed by atoms with Crippen LogP contribution in [0.5, 0.6) is 0 Å². The van der Waals surface area contributed by atoms with Gasteiger partial charge in [0.05, 0.1) is 24.1 Å². The van der Waals surface area contributed by atoms with Crippen molar-refractivity contribution in [3.8, 4) is 0 Å². The lowest BCUT2D eigenvalue weighted by Crippen LogP contribution is -2.62. The highest BCUT2D eigenvalue weighted by atomic mass is 32.2. The molecule has 0 N–H and O–H groups in total. The van der Waals surface area contributed by atoms with E-state index in [2.05, 4.69) is 11.8 Å². The first-order valence-corrected chi connectivity index (χ1v) is 9.65. The Morgan fingerprint density at radius 3 is 2.50 bits per heavy atom. The van der Waals surface area contributed by atoms with Gasteiger partial charge in [-0.15, -0.1) is 0 Å². The molecular formula is C16H22N2O3S. The molecule has 2 saturated heterocycles. The maximum absolute atomic E-state index is 12.6. The monoisotopic (exact) mass is 322 g/mol. The van der Waals surface area contributed by atoms with Gasteiger partial charge in [0.1, 0.15) is 0 Å². The van der Waals surface area contributed by atoms with Crippen LogP contribution in [0.4, 0.5) is 5.69 Å². The summed E-state index contributed by atoms with van der Waals surface area (Å²) < 4.78 is 24.3. The van der Waals surface area contributed by atoms with Gasteiger partial charge in [0.2, 0.25) is 5.91 Å². The topological polar surface area (TPSA) is 57.7 Å². The van der Waals surface area contributed by atoms with Gasteiger partial charge in [-0.3, -0.25) is 9.69 Å². The van der Waals surface area contributed by atoms with Crippen LogP contribution >= 0.6 is 0 Å². The fourth-order valence-electron chi connectivity index (χ4n) is 3.49. The van der Waals surface area contributed by atoms with Crippen molar-refractivity contribution in [3.05, 3.63) is 30.3 Å². The van der Waals surface area contributed by atoms with Gasteiger partial charge >= 0.3 is 0 Å². The van der Waals surface area contributed by atoms with E-state index in [9.17, 15) is 13.2 Å². The van der Waals surface area contributed by atoms with Crippen LogP contribution in [0, 0.1) is 0 Å². The first kappa shape index (κ1) is 15.5. The van der Waals surface area contributed by atoms with Crippen LogP contribution in [0.1, 0.15) is 19.8 Å². The molecule has 2 atom stereocenters. The number of amides is 1. The van der Waals surface area contributed by atoms with Crippen LogP contribution in [0.3, 0.4) is 0 Å². The third-order valence-electron chi connectivity index (χ3n) is 4.53. The van der Waals surface area contributed by atoms with Gasteiger partial charge in [-0.2, -0.15) is 0 Å². The van der Waals surface area contributed by atoms with Gasteiger partial charge in [0.15, 0.2) is 9.84 Å². The molecule has 2 fully saturated rings. The average Bonchev–Trinajstić information content (AvgIpc) is 2.80. The highest BCUT2D eigenvalue weighted by Crippen LogP contribution is 2.31. The van der Waals surface area contributed by atoms with Gasteiger partial charge < -0.3 is 4.90 Å². The Morgan fingerprint density at radius 1 is 1.14 bits per heavy atom. The summed E-state index contributed by atoms with van der Waals surface area (Å²) in [6.07, 6.45) is 2.03. The molecule has 2 unspecified atom stereocenters. The highest BCUT2D eigenvalue weighted by Gasteiger charge is 2.49. The number of rotatable bonds is 4. The van der Waals surface area contributed by atoms with Crippen LogP contribution < -0.4 is 4.90 Å². The molecule has 6 heteroatoms. The third-order valence-corrected chi connectivity index (χ3v) is 6.23. The summed E-state index contributed by atoms with van der Waals surface area (Å²) in [4.78, 5) is 16.4. The van der Waals surface area contributed by atoms with Crippen molar-refractivity contribution in [1.29, 1.82) is 0 Å². The Labute approximate surface area is 131 Å². The number of hydrogen-bond acceptors (Lipinski definition) is 4. The fraction of sp³-hybridized carbons (Fsp3) is 0.562. The van der Waals surface area contributed by atoms with Crippen LogP contribution in [-0.4, -0.2) is 55.9 Å². The first-order valence-electron chi connectivity index (χ1n) is 7.83. The number of nitrogens with zero attached hydrogens (tertiary/aromatic N) is 2. The van der Waals surface area contributed by atoms with Crippen molar-refractivity contribution in [3.63, 3.8) is 0 Å². The van der Waals surface area contributed by atoms with Crippen LogP contribution in [-0.2, 0) is 14.6 Å². The smallest absolute Gasteiger partial charge is 0.241 e. The molecule has 2 aliphatic rings. The van der Waals surface area contributed by atoms with Crippen molar-refractivity contribution in [2.24, 2.45) is 0 Å². The summed E-state index contributed by atoms with van der Waals surface area (Å²) in [5.41, 5.74) is 0.801. The van der Waals surface area contributed by atoms with Crippen molar-refractivity contribution in [2.45, 2.75) is 31.8 Å². The second-order valence-electron chi connectivity index (χ2n) is 6.13. The Bertz CT molecular complexity index is 645. The molecule has 0 spiro atoms. The minimum atomic E-state index is -3.09. The number of piperazine rings is 1. The number of carbonyl (C=O) groups is 1. The first-order chi connectivity index (χ1) is 10.5. The summed E-state index contributed by atoms with van der Waals surface area (Å²) in [7, 11) is -3.09. The van der Waals surface area contributed by atoms with Crippen molar-refractivity contribution >= 4 is 21.4 Å². The van der Waals surface area contributed by atoms with E-state index in [-0.39, 0.29) is 29.5 Å². The zero-order valence-corrected chi connectivity index (χ0v) is 13.6. The lowest BCUT2D eigenvalue weighted by atomic mass is 10.0. The number of unbranched alkanes of at least 4 members (excludes halogenated alkanes) is 1. The van der Waals surface area contributed by atoms with Crippen LogP contribution in [0.2, 0.25) is 0 Å². The molecule has 2 heterocycles. The van der Waals surface area contributed by atoms with E-state index in [4.69, 9.17) is 0 Å². The molecular weight excluding hydrogens is 300 g/mol. The minimum absolute atomic E-state index is 0.000605. The predicted molar refractivity (Wildman–Crippen MR) is 86.6 cm³/mol. The van der Waals surface area contributed by atoms with Gasteiger partial charge in [-0.05, 0) is 25.1 Å². The van der Waals surface area contributed by atoms with Gasteiger partial charge in [0, 0.05) is 11.7 Å². The number of hydrogen-bond donors (Lipinski definition) is 0. The molecule has 2 aliphatic heterocycles. The lowest BCUT2D eigenvalue weighted by molar-refractivity contribution is -0.123. The Hall–Kier alpha value is -1.40. The Balaban J connectivity index is 1.92. The molecule has 0 aromatic heterocycles. The molecule has 0 aliphatic carbocycles. The van der Waals surface area contributed by atoms with Gasteiger partial charge in [0.25, 0.3) is 0 Å². The minimum Gasteiger partial charge on any atom is -0.306 e. The number of fused-ring (bicyclic) bond motifs is 1. The number of carbonyl (C=O) groups excluding carboxylic acids is 1. The zero-order chi connectivity index (χ0) is 15.7. The molecule has 0 radical (unpaired) electrons. The Morgan fingerprint density at radius 2 is 1.82 bits per heavy atom. The molecule has 5 nitrogen and oxygen atoms in total. The number of sulfone groups is 1. The molecule has 1 aromatic carbocycles. The largest absolute Gasteiger partial charge is 0.306 e. The normalized spacial score (nSPS) is 27.9. The fourth-order valence-corrected chi connectivity index (χ4v) is 5.47. The van der Waals surface area contributed by atoms with Crippen LogP contribution in [0.25, 0.3) is 0 Å². The standard InChI is InChI=1S/C16H22N2O3S/c1-2-3-9-17-10-16(19)18(13-7-5-4-6-8-13)15-12-22(20,21)11-14(15)17/h4-8,14-15H,2-3,9-12H2,1H3. The van der Waals surface area contributed by atoms with E-state index in [1.54, 1.807) is 4.90 Å². The van der Waals surface area contributed by atoms with E-state index in [0.717, 1.165) is 25.1 Å². The van der Waals surface area contributed by atoms with Crippen LogP contribution in [0.15, 0.2) is 30.3 Å². The quantitative estimate of drug-likeness (QED) is 0.838. The second kappa shape index (κ2) is 6.01. The van der Waals surface area contributed by atoms with Gasteiger partial charge in [-0.25, -0.2) is 8.42 Å². The maximum Gasteiger partial charge on any atom is 0.241 e. The zero-order valence-electron chi connectivity index (χ0n) is 12.8. The Kier molecular flexibility index (Phi) is 4.23. The van der Waals surface area contributed by atoms with Crippen molar-refractivity contribution in [2.75, 3.05) is 29.5 Å². The lowest BCUT2D eigenvalue weighted by Gasteiger charge is -2.43. The van der Waals surface area contributed by atoms with Crippen molar-refractivity contribution in [1.82, 2.24) is 4.90 Å². The number of para-hydroxylation sites is 1. The molecule has 0 saturated carbocycles. The molecule has 3 rings (SSSR count). The maximum atomic E-state index is 12.6. The predicted octanol–water partition coefficient (Wildman–Crippen LogP) is 1.30. The molecule has 1 amide bonds. The number of benzene rings is 1. The van der Waals surface area contributed by atoms with E-state index in [1.807, 2.05) is 30.3 Å². The third kappa shape index (κ3) is 2.90. The summed E-state index contributed by atoms with van der Waals surface area (Å²) in [5.74, 6) is 0.236. The number of anilines is 1. The second-order valence-corrected chi connectivity index (χ2v) is 8.29. The highest BCUT2D eigenvalue weighted by molar-refractivity contribution is 7.91. The van der Waals surface area contributed by atoms with Gasteiger partial charge in [-0.1, -0.05) is 31.5 Å². The SMILES string of the molecule is CCCCN1CC(=O)N(c2ccccc2)C2CS(=O)(=O)CC21. The van der Waals surface area contributed by atoms with E-state index < -0.39 is 9.84 Å². The molecule has 22 heavy (non-hydrogen) atoms. The van der Waals surface area contributed by atoms with E-state index >= 15 is 0 Å². The van der Waals surface area contributed by atoms with E-state index in [0.29, 0.717) is 6.54 Å². The molecule has 120 valence electrons.